The summed E-state index contributed by atoms with van der Waals surface area (Å²) in [5, 5.41) is 9.22. The lowest BCUT2D eigenvalue weighted by atomic mass is 9.92. The maximum atomic E-state index is 12.0. The Hall–Kier alpha value is -2.24. The highest BCUT2D eigenvalue weighted by Gasteiger charge is 2.26. The molecule has 1 aliphatic rings. The minimum atomic E-state index is -0.520. The second kappa shape index (κ2) is 9.62. The van der Waals surface area contributed by atoms with Gasteiger partial charge in [-0.25, -0.2) is 4.99 Å². The average Bonchev–Trinajstić information content (AvgIpc) is 3.47. The minimum absolute atomic E-state index is 0.000135. The number of ether oxygens (including phenoxy) is 1. The molecule has 1 aliphatic carbocycles. The van der Waals surface area contributed by atoms with Crippen molar-refractivity contribution in [1.82, 2.24) is 16.0 Å². The Labute approximate surface area is 163 Å². The van der Waals surface area contributed by atoms with Crippen LogP contribution in [0.1, 0.15) is 44.7 Å². The van der Waals surface area contributed by atoms with Gasteiger partial charge in [0.25, 0.3) is 0 Å². The molecule has 3 N–H and O–H groups in total. The van der Waals surface area contributed by atoms with Gasteiger partial charge in [0.15, 0.2) is 5.96 Å². The van der Waals surface area contributed by atoms with E-state index in [0.29, 0.717) is 25.0 Å². The number of benzene rings is 1. The van der Waals surface area contributed by atoms with Crippen LogP contribution in [0.25, 0.3) is 0 Å². The molecule has 2 rings (SSSR count). The predicted octanol–water partition coefficient (Wildman–Crippen LogP) is 2.61. The van der Waals surface area contributed by atoms with Crippen molar-refractivity contribution >= 4 is 11.9 Å². The molecule has 0 aliphatic heterocycles. The van der Waals surface area contributed by atoms with E-state index in [-0.39, 0.29) is 5.91 Å². The van der Waals surface area contributed by atoms with Gasteiger partial charge in [-0.15, -0.1) is 0 Å². The Morgan fingerprint density at radius 3 is 2.67 bits per heavy atom. The number of nitrogens with zero attached hydrogens (tertiary/aromatic N) is 1. The molecular formula is C21H34N4O2. The van der Waals surface area contributed by atoms with Gasteiger partial charge in [0, 0.05) is 25.7 Å². The molecule has 6 nitrogen and oxygen atoms in total. The van der Waals surface area contributed by atoms with E-state index in [9.17, 15) is 4.79 Å². The van der Waals surface area contributed by atoms with Gasteiger partial charge in [-0.2, -0.15) is 0 Å². The van der Waals surface area contributed by atoms with Crippen molar-refractivity contribution in [2.45, 2.75) is 47.1 Å². The summed E-state index contributed by atoms with van der Waals surface area (Å²) in [7, 11) is 1.66. The first-order valence-corrected chi connectivity index (χ1v) is 9.82. The lowest BCUT2D eigenvalue weighted by Gasteiger charge is -2.24. The third-order valence-corrected chi connectivity index (χ3v) is 4.69. The second-order valence-corrected chi connectivity index (χ2v) is 7.88. The summed E-state index contributed by atoms with van der Waals surface area (Å²) in [6, 6.07) is 6.26. The standard InChI is InChI=1S/C21H34N4O2/c1-6-23-20(25-14-21(3,4)19(26)22-5)24-12-17-10-7-15(2)11-18(17)27-13-16-8-9-16/h7,10-11,16H,6,8-9,12-14H2,1-5H3,(H,22,26)(H2,23,24,25). The van der Waals surface area contributed by atoms with Crippen molar-refractivity contribution in [3.63, 3.8) is 0 Å². The van der Waals surface area contributed by atoms with E-state index in [0.717, 1.165) is 24.5 Å². The van der Waals surface area contributed by atoms with Gasteiger partial charge in [0.1, 0.15) is 5.75 Å². The summed E-state index contributed by atoms with van der Waals surface area (Å²) in [5.41, 5.74) is 1.74. The van der Waals surface area contributed by atoms with Crippen molar-refractivity contribution in [1.29, 1.82) is 0 Å². The van der Waals surface area contributed by atoms with Crippen LogP contribution in [0.2, 0.25) is 0 Å². The maximum absolute atomic E-state index is 12.0. The molecule has 0 bridgehead atoms. The molecule has 0 radical (unpaired) electrons. The molecule has 27 heavy (non-hydrogen) atoms. The Balaban J connectivity index is 2.03. The minimum Gasteiger partial charge on any atom is -0.493 e. The van der Waals surface area contributed by atoms with E-state index in [1.807, 2.05) is 20.8 Å². The Kier molecular flexibility index (Phi) is 7.51. The molecule has 6 heteroatoms. The lowest BCUT2D eigenvalue weighted by molar-refractivity contribution is -0.128. The monoisotopic (exact) mass is 374 g/mol. The van der Waals surface area contributed by atoms with Gasteiger partial charge in [-0.05, 0) is 58.1 Å². The Morgan fingerprint density at radius 2 is 2.04 bits per heavy atom. The zero-order chi connectivity index (χ0) is 19.9. The number of rotatable bonds is 9. The van der Waals surface area contributed by atoms with Gasteiger partial charge in [0.2, 0.25) is 5.91 Å². The SMILES string of the molecule is CCNC(=NCc1ccc(C)cc1OCC1CC1)NCC(C)(C)C(=O)NC. The van der Waals surface area contributed by atoms with E-state index < -0.39 is 5.41 Å². The molecule has 1 amide bonds. The molecule has 0 aromatic heterocycles. The summed E-state index contributed by atoms with van der Waals surface area (Å²) in [4.78, 5) is 16.7. The van der Waals surface area contributed by atoms with Crippen LogP contribution in [0.5, 0.6) is 5.75 Å². The number of carbonyl (C=O) groups is 1. The summed E-state index contributed by atoms with van der Waals surface area (Å²) in [5.74, 6) is 2.34. The average molecular weight is 375 g/mol. The topological polar surface area (TPSA) is 74.8 Å². The molecule has 0 unspecified atom stereocenters. The highest BCUT2D eigenvalue weighted by atomic mass is 16.5. The number of carbonyl (C=O) groups excluding carboxylic acids is 1. The van der Waals surface area contributed by atoms with Crippen LogP contribution in [-0.2, 0) is 11.3 Å². The fraction of sp³-hybridized carbons (Fsp3) is 0.619. The van der Waals surface area contributed by atoms with Gasteiger partial charge in [0.05, 0.1) is 18.6 Å². The summed E-state index contributed by atoms with van der Waals surface area (Å²) < 4.78 is 6.03. The molecule has 1 saturated carbocycles. The van der Waals surface area contributed by atoms with Crippen molar-refractivity contribution < 1.29 is 9.53 Å². The number of guanidine groups is 1. The predicted molar refractivity (Wildman–Crippen MR) is 110 cm³/mol. The first-order valence-electron chi connectivity index (χ1n) is 9.82. The summed E-state index contributed by atoms with van der Waals surface area (Å²) >= 11 is 0. The number of aliphatic imine (C=N–C) groups is 1. The summed E-state index contributed by atoms with van der Waals surface area (Å²) in [6.07, 6.45) is 2.55. The van der Waals surface area contributed by atoms with E-state index in [4.69, 9.17) is 4.74 Å². The van der Waals surface area contributed by atoms with Crippen LogP contribution in [0, 0.1) is 18.3 Å². The van der Waals surface area contributed by atoms with Crippen LogP contribution in [-0.4, -0.2) is 38.6 Å². The Morgan fingerprint density at radius 1 is 1.30 bits per heavy atom. The van der Waals surface area contributed by atoms with E-state index >= 15 is 0 Å². The molecule has 0 atom stereocenters. The molecule has 0 heterocycles. The quantitative estimate of drug-likeness (QED) is 0.459. The highest BCUT2D eigenvalue weighted by Crippen LogP contribution is 2.31. The van der Waals surface area contributed by atoms with Crippen LogP contribution < -0.4 is 20.7 Å². The van der Waals surface area contributed by atoms with Crippen LogP contribution in [0.3, 0.4) is 0 Å². The fourth-order valence-corrected chi connectivity index (χ4v) is 2.65. The van der Waals surface area contributed by atoms with Gasteiger partial charge >= 0.3 is 0 Å². The van der Waals surface area contributed by atoms with Crippen molar-refractivity contribution in [2.24, 2.45) is 16.3 Å². The third kappa shape index (κ3) is 6.77. The number of aryl methyl sites for hydroxylation is 1. The molecule has 150 valence electrons. The molecule has 0 saturated heterocycles. The molecule has 1 aromatic carbocycles. The first kappa shape index (κ1) is 21.1. The van der Waals surface area contributed by atoms with Gasteiger partial charge in [-0.1, -0.05) is 12.1 Å². The fourth-order valence-electron chi connectivity index (χ4n) is 2.65. The summed E-state index contributed by atoms with van der Waals surface area (Å²) in [6.45, 7) is 10.5. The molecular weight excluding hydrogens is 340 g/mol. The maximum Gasteiger partial charge on any atom is 0.227 e. The normalized spacial score (nSPS) is 14.6. The van der Waals surface area contributed by atoms with E-state index in [1.165, 1.54) is 18.4 Å². The molecule has 0 spiro atoms. The van der Waals surface area contributed by atoms with Crippen LogP contribution in [0.15, 0.2) is 23.2 Å². The first-order chi connectivity index (χ1) is 12.9. The highest BCUT2D eigenvalue weighted by molar-refractivity contribution is 5.84. The van der Waals surface area contributed by atoms with Crippen molar-refractivity contribution in [3.05, 3.63) is 29.3 Å². The Bertz CT molecular complexity index is 666. The van der Waals surface area contributed by atoms with Crippen molar-refractivity contribution in [3.8, 4) is 5.75 Å². The third-order valence-electron chi connectivity index (χ3n) is 4.69. The zero-order valence-corrected chi connectivity index (χ0v) is 17.3. The second-order valence-electron chi connectivity index (χ2n) is 7.88. The smallest absolute Gasteiger partial charge is 0.227 e. The largest absolute Gasteiger partial charge is 0.493 e. The van der Waals surface area contributed by atoms with Crippen LogP contribution in [0.4, 0.5) is 0 Å². The zero-order valence-electron chi connectivity index (χ0n) is 17.3. The molecule has 1 fully saturated rings. The number of hydrogen-bond donors (Lipinski definition) is 3. The van der Waals surface area contributed by atoms with Gasteiger partial charge in [-0.3, -0.25) is 4.79 Å². The van der Waals surface area contributed by atoms with Gasteiger partial charge < -0.3 is 20.7 Å². The van der Waals surface area contributed by atoms with E-state index in [1.54, 1.807) is 7.05 Å². The van der Waals surface area contributed by atoms with Crippen LogP contribution >= 0.6 is 0 Å². The van der Waals surface area contributed by atoms with E-state index in [2.05, 4.69) is 46.1 Å². The van der Waals surface area contributed by atoms with Crippen molar-refractivity contribution in [2.75, 3.05) is 26.7 Å². The number of amides is 1. The number of nitrogens with one attached hydrogen (secondary N) is 3. The molecule has 1 aromatic rings. The lowest BCUT2D eigenvalue weighted by Crippen LogP contribution is -2.47. The number of hydrogen-bond acceptors (Lipinski definition) is 3.